The van der Waals surface area contributed by atoms with E-state index >= 15 is 0 Å². The van der Waals surface area contributed by atoms with Gasteiger partial charge in [0.05, 0.1) is 5.41 Å². The average Bonchev–Trinajstić information content (AvgIpc) is 3.60. The summed E-state index contributed by atoms with van der Waals surface area (Å²) < 4.78 is 0. The summed E-state index contributed by atoms with van der Waals surface area (Å²) in [5, 5.41) is 0. The van der Waals surface area contributed by atoms with E-state index < -0.39 is 5.41 Å². The Morgan fingerprint density at radius 2 is 0.707 bits per heavy atom. The molecule has 0 saturated carbocycles. The highest BCUT2D eigenvalue weighted by Crippen LogP contribution is 2.63. The Hall–Kier alpha value is -7.23. The number of benzene rings is 8. The van der Waals surface area contributed by atoms with Gasteiger partial charge in [-0.1, -0.05) is 208 Å². The van der Waals surface area contributed by atoms with Gasteiger partial charge < -0.3 is 0 Å². The molecule has 274 valence electrons. The van der Waals surface area contributed by atoms with Crippen molar-refractivity contribution in [1.29, 1.82) is 0 Å². The van der Waals surface area contributed by atoms with Gasteiger partial charge in [-0.2, -0.15) is 0 Å². The Morgan fingerprint density at radius 3 is 1.36 bits per heavy atom. The molecular weight excluding hydrogens is 703 g/mol. The van der Waals surface area contributed by atoms with E-state index in [0.717, 1.165) is 33.4 Å². The lowest BCUT2D eigenvalue weighted by Crippen LogP contribution is -2.40. The van der Waals surface area contributed by atoms with Crippen LogP contribution >= 0.6 is 0 Å². The zero-order chi connectivity index (χ0) is 38.8. The largest absolute Gasteiger partial charge is 0.208 e. The first-order chi connectivity index (χ1) is 28.5. The molecule has 11 rings (SSSR count). The molecule has 58 heavy (non-hydrogen) atoms. The van der Waals surface area contributed by atoms with Gasteiger partial charge in [0.15, 0.2) is 17.5 Å². The van der Waals surface area contributed by atoms with Gasteiger partial charge in [-0.3, -0.25) is 0 Å². The maximum atomic E-state index is 5.37. The van der Waals surface area contributed by atoms with Crippen molar-refractivity contribution in [2.24, 2.45) is 0 Å². The second-order valence-corrected chi connectivity index (χ2v) is 15.9. The van der Waals surface area contributed by atoms with Crippen molar-refractivity contribution in [3.05, 3.63) is 234 Å². The van der Waals surface area contributed by atoms with Crippen LogP contribution in [-0.4, -0.2) is 15.0 Å². The molecule has 0 radical (unpaired) electrons. The minimum absolute atomic E-state index is 0.171. The minimum atomic E-state index is -0.513. The molecule has 1 spiro atoms. The maximum Gasteiger partial charge on any atom is 0.164 e. The molecule has 1 aromatic heterocycles. The number of hydrogen-bond acceptors (Lipinski definition) is 3. The van der Waals surface area contributed by atoms with Crippen LogP contribution in [0.5, 0.6) is 0 Å². The first kappa shape index (κ1) is 34.1. The fraction of sp³-hybridized carbons (Fsp3) is 0.0727. The van der Waals surface area contributed by atoms with Crippen LogP contribution in [0.2, 0.25) is 0 Å². The molecule has 0 N–H and O–H groups in total. The molecule has 1 heterocycles. The summed E-state index contributed by atoms with van der Waals surface area (Å²) in [7, 11) is 0. The van der Waals surface area contributed by atoms with E-state index in [2.05, 4.69) is 202 Å². The molecule has 3 nitrogen and oxygen atoms in total. The summed E-state index contributed by atoms with van der Waals surface area (Å²) >= 11 is 0. The van der Waals surface area contributed by atoms with Crippen LogP contribution in [0.4, 0.5) is 0 Å². The predicted molar refractivity (Wildman–Crippen MR) is 236 cm³/mol. The molecule has 0 atom stereocenters. The number of aromatic nitrogens is 3. The van der Waals surface area contributed by atoms with Gasteiger partial charge >= 0.3 is 0 Å². The molecule has 9 aromatic rings. The average molecular weight is 742 g/mol. The van der Waals surface area contributed by atoms with Crippen LogP contribution in [0.25, 0.3) is 67.5 Å². The molecular formula is C55H39N3. The van der Waals surface area contributed by atoms with Crippen molar-refractivity contribution < 1.29 is 0 Å². The molecule has 0 aliphatic heterocycles. The SMILES string of the molecule is CC1(C)c2ccccc2C2(c3ccccc3-c3c(-c4nc(-c5ccc(-c6ccccc6)cc5)nc(-c5cccc(-c6ccccc6)c5)n4)cccc32)c2ccccc21. The monoisotopic (exact) mass is 741 g/mol. The summed E-state index contributed by atoms with van der Waals surface area (Å²) in [6, 6.07) is 71.9. The van der Waals surface area contributed by atoms with Gasteiger partial charge in [0, 0.05) is 22.1 Å². The first-order valence-electron chi connectivity index (χ1n) is 20.0. The van der Waals surface area contributed by atoms with Crippen LogP contribution in [0.3, 0.4) is 0 Å². The fourth-order valence-electron chi connectivity index (χ4n) is 9.76. The van der Waals surface area contributed by atoms with E-state index in [1.165, 1.54) is 50.1 Å². The van der Waals surface area contributed by atoms with Crippen molar-refractivity contribution >= 4 is 0 Å². The third-order valence-electron chi connectivity index (χ3n) is 12.4. The fourth-order valence-corrected chi connectivity index (χ4v) is 9.76. The molecule has 0 amide bonds. The highest BCUT2D eigenvalue weighted by molar-refractivity contribution is 5.95. The molecule has 0 saturated heterocycles. The van der Waals surface area contributed by atoms with Gasteiger partial charge in [0.25, 0.3) is 0 Å². The molecule has 3 heteroatoms. The second-order valence-electron chi connectivity index (χ2n) is 15.9. The summed E-state index contributed by atoms with van der Waals surface area (Å²) in [6.07, 6.45) is 0. The highest BCUT2D eigenvalue weighted by Gasteiger charge is 2.53. The van der Waals surface area contributed by atoms with Crippen molar-refractivity contribution in [2.75, 3.05) is 0 Å². The summed E-state index contributed by atoms with van der Waals surface area (Å²) in [4.78, 5) is 15.9. The topological polar surface area (TPSA) is 38.7 Å². The summed E-state index contributed by atoms with van der Waals surface area (Å²) in [6.45, 7) is 4.73. The minimum Gasteiger partial charge on any atom is -0.208 e. The number of fused-ring (bicyclic) bond motifs is 9. The van der Waals surface area contributed by atoms with Crippen LogP contribution in [0.15, 0.2) is 200 Å². The Morgan fingerprint density at radius 1 is 0.293 bits per heavy atom. The van der Waals surface area contributed by atoms with Gasteiger partial charge in [0.1, 0.15) is 0 Å². The lowest BCUT2D eigenvalue weighted by atomic mass is 9.55. The van der Waals surface area contributed by atoms with Crippen LogP contribution in [0, 0.1) is 0 Å². The molecule has 0 bridgehead atoms. The number of hydrogen-bond donors (Lipinski definition) is 0. The third-order valence-corrected chi connectivity index (χ3v) is 12.4. The summed E-state index contributed by atoms with van der Waals surface area (Å²) in [5.41, 5.74) is 17.0. The standard InChI is InChI=1S/C55H39N3/c1-54(2)45-26-11-13-28-47(45)55(48-29-14-12-27-46(48)54)44-25-10-9-23-42(44)50-43(24-16-30-49(50)55)53-57-51(39-33-31-38(32-34-39)36-17-5-3-6-18-36)56-52(58-53)41-22-15-21-40(35-41)37-19-7-4-8-20-37/h3-35H,1-2H3. The van der Waals surface area contributed by atoms with Crippen molar-refractivity contribution in [1.82, 2.24) is 15.0 Å². The van der Waals surface area contributed by atoms with Crippen LogP contribution in [-0.2, 0) is 10.8 Å². The summed E-state index contributed by atoms with van der Waals surface area (Å²) in [5.74, 6) is 1.93. The Balaban J connectivity index is 1.16. The first-order valence-corrected chi connectivity index (χ1v) is 20.0. The number of rotatable bonds is 5. The molecule has 2 aliphatic carbocycles. The van der Waals surface area contributed by atoms with E-state index in [0.29, 0.717) is 17.5 Å². The van der Waals surface area contributed by atoms with Gasteiger partial charge in [-0.25, -0.2) is 15.0 Å². The van der Waals surface area contributed by atoms with Crippen molar-refractivity contribution in [2.45, 2.75) is 24.7 Å². The zero-order valence-corrected chi connectivity index (χ0v) is 32.4. The van der Waals surface area contributed by atoms with Crippen molar-refractivity contribution in [3.63, 3.8) is 0 Å². The Bertz CT molecular complexity index is 2970. The third kappa shape index (κ3) is 5.10. The predicted octanol–water partition coefficient (Wildman–Crippen LogP) is 13.2. The Kier molecular flexibility index (Phi) is 7.74. The lowest BCUT2D eigenvalue weighted by Gasteiger charge is -2.46. The quantitative estimate of drug-likeness (QED) is 0.176. The van der Waals surface area contributed by atoms with E-state index in [-0.39, 0.29) is 5.41 Å². The lowest BCUT2D eigenvalue weighted by molar-refractivity contribution is 0.563. The van der Waals surface area contributed by atoms with Crippen molar-refractivity contribution in [3.8, 4) is 67.5 Å². The van der Waals surface area contributed by atoms with Gasteiger partial charge in [-0.15, -0.1) is 0 Å². The zero-order valence-electron chi connectivity index (χ0n) is 32.4. The molecule has 2 aliphatic rings. The highest BCUT2D eigenvalue weighted by atomic mass is 15.0. The normalized spacial score (nSPS) is 14.0. The van der Waals surface area contributed by atoms with E-state index in [1.807, 2.05) is 12.1 Å². The second kappa shape index (κ2) is 13.2. The van der Waals surface area contributed by atoms with E-state index in [9.17, 15) is 0 Å². The van der Waals surface area contributed by atoms with Gasteiger partial charge in [0.2, 0.25) is 0 Å². The van der Waals surface area contributed by atoms with Crippen LogP contribution in [0.1, 0.15) is 47.2 Å². The van der Waals surface area contributed by atoms with Crippen LogP contribution < -0.4 is 0 Å². The van der Waals surface area contributed by atoms with Gasteiger partial charge in [-0.05, 0) is 72.8 Å². The maximum absolute atomic E-state index is 5.37. The van der Waals surface area contributed by atoms with E-state index in [1.54, 1.807) is 0 Å². The molecule has 0 fully saturated rings. The Labute approximate surface area is 339 Å². The number of nitrogens with zero attached hydrogens (tertiary/aromatic N) is 3. The molecule has 0 unspecified atom stereocenters. The van der Waals surface area contributed by atoms with E-state index in [4.69, 9.17) is 15.0 Å². The molecule has 8 aromatic carbocycles. The smallest absolute Gasteiger partial charge is 0.164 e.